The molecular formula is C24H48O6. The van der Waals surface area contributed by atoms with Gasteiger partial charge in [-0.25, -0.2) is 0 Å². The van der Waals surface area contributed by atoms with Crippen LogP contribution >= 0.6 is 0 Å². The Hall–Kier alpha value is -0.240. The van der Waals surface area contributed by atoms with Crippen LogP contribution in [0.15, 0.2) is 0 Å². The normalized spacial score (nSPS) is 26.9. The van der Waals surface area contributed by atoms with E-state index in [2.05, 4.69) is 6.92 Å². The third-order valence-electron chi connectivity index (χ3n) is 6.13. The summed E-state index contributed by atoms with van der Waals surface area (Å²) in [5.74, 6) is 0. The molecule has 6 heteroatoms. The molecule has 0 aromatic carbocycles. The van der Waals surface area contributed by atoms with Gasteiger partial charge in [-0.2, -0.15) is 0 Å². The van der Waals surface area contributed by atoms with Gasteiger partial charge in [0.15, 0.2) is 6.29 Å². The monoisotopic (exact) mass is 432 g/mol. The van der Waals surface area contributed by atoms with Crippen molar-refractivity contribution in [3.8, 4) is 0 Å². The average molecular weight is 433 g/mol. The molecule has 0 saturated carbocycles. The second-order valence-electron chi connectivity index (χ2n) is 8.87. The van der Waals surface area contributed by atoms with Crippen molar-refractivity contribution in [1.82, 2.24) is 0 Å². The summed E-state index contributed by atoms with van der Waals surface area (Å²) in [6.07, 6.45) is 15.0. The van der Waals surface area contributed by atoms with Gasteiger partial charge in [0, 0.05) is 6.61 Å². The van der Waals surface area contributed by atoms with Gasteiger partial charge in [-0.15, -0.1) is 0 Å². The van der Waals surface area contributed by atoms with Crippen molar-refractivity contribution in [2.45, 2.75) is 140 Å². The fraction of sp³-hybridized carbons (Fsp3) is 1.00. The van der Waals surface area contributed by atoms with Crippen molar-refractivity contribution in [3.05, 3.63) is 0 Å². The summed E-state index contributed by atoms with van der Waals surface area (Å²) in [6.45, 7) is 2.27. The molecule has 30 heavy (non-hydrogen) atoms. The van der Waals surface area contributed by atoms with Crippen molar-refractivity contribution in [3.63, 3.8) is 0 Å². The van der Waals surface area contributed by atoms with Crippen molar-refractivity contribution >= 4 is 0 Å². The second kappa shape index (κ2) is 18.3. The van der Waals surface area contributed by atoms with Gasteiger partial charge < -0.3 is 29.9 Å². The number of unbranched alkanes of at least 4 members (excludes halogenated alkanes) is 15. The topological polar surface area (TPSA) is 99.4 Å². The van der Waals surface area contributed by atoms with Gasteiger partial charge in [0.25, 0.3) is 0 Å². The van der Waals surface area contributed by atoms with Crippen LogP contribution in [0.25, 0.3) is 0 Å². The molecule has 1 fully saturated rings. The van der Waals surface area contributed by atoms with E-state index in [1.807, 2.05) is 0 Å². The number of hydrogen-bond donors (Lipinski definition) is 4. The third-order valence-corrected chi connectivity index (χ3v) is 6.13. The van der Waals surface area contributed by atoms with Crippen LogP contribution < -0.4 is 0 Å². The highest BCUT2D eigenvalue weighted by Gasteiger charge is 2.43. The van der Waals surface area contributed by atoms with E-state index in [9.17, 15) is 20.4 Å². The van der Waals surface area contributed by atoms with E-state index in [1.54, 1.807) is 0 Å². The molecule has 180 valence electrons. The van der Waals surface area contributed by atoms with Gasteiger partial charge in [0.2, 0.25) is 0 Å². The number of rotatable bonds is 19. The summed E-state index contributed by atoms with van der Waals surface area (Å²) in [4.78, 5) is 0. The van der Waals surface area contributed by atoms with Crippen LogP contribution in [0.1, 0.15) is 110 Å². The van der Waals surface area contributed by atoms with E-state index >= 15 is 0 Å². The molecule has 0 radical (unpaired) electrons. The fourth-order valence-corrected chi connectivity index (χ4v) is 4.05. The summed E-state index contributed by atoms with van der Waals surface area (Å²) >= 11 is 0. The number of aliphatic hydroxyl groups is 4. The highest BCUT2D eigenvalue weighted by atomic mass is 16.7. The predicted molar refractivity (Wildman–Crippen MR) is 119 cm³/mol. The summed E-state index contributed by atoms with van der Waals surface area (Å²) in [6, 6.07) is 0. The number of hydrogen-bond acceptors (Lipinski definition) is 6. The Bertz CT molecular complexity index is 379. The van der Waals surface area contributed by atoms with Gasteiger partial charge in [-0.05, 0) is 6.42 Å². The van der Waals surface area contributed by atoms with E-state index in [4.69, 9.17) is 9.47 Å². The summed E-state index contributed by atoms with van der Waals surface area (Å²) in [5, 5.41) is 38.6. The van der Waals surface area contributed by atoms with Gasteiger partial charge >= 0.3 is 0 Å². The zero-order valence-electron chi connectivity index (χ0n) is 19.2. The first-order valence-electron chi connectivity index (χ1n) is 12.5. The lowest BCUT2D eigenvalue weighted by molar-refractivity contribution is -0.301. The lowest BCUT2D eigenvalue weighted by Gasteiger charge is -2.39. The van der Waals surface area contributed by atoms with E-state index in [0.29, 0.717) is 6.61 Å². The molecule has 0 bridgehead atoms. The van der Waals surface area contributed by atoms with Crippen LogP contribution in [0.4, 0.5) is 0 Å². The smallest absolute Gasteiger partial charge is 0.186 e. The maximum absolute atomic E-state index is 9.91. The van der Waals surface area contributed by atoms with Crippen LogP contribution in [0.3, 0.4) is 0 Å². The van der Waals surface area contributed by atoms with Crippen LogP contribution in [0.5, 0.6) is 0 Å². The quantitative estimate of drug-likeness (QED) is 0.230. The van der Waals surface area contributed by atoms with Crippen molar-refractivity contribution in [2.24, 2.45) is 0 Å². The number of ether oxygens (including phenoxy) is 2. The maximum Gasteiger partial charge on any atom is 0.186 e. The van der Waals surface area contributed by atoms with Crippen molar-refractivity contribution in [2.75, 3.05) is 13.2 Å². The lowest BCUT2D eigenvalue weighted by Crippen LogP contribution is -2.59. The molecule has 0 aromatic rings. The fourth-order valence-electron chi connectivity index (χ4n) is 4.05. The minimum absolute atomic E-state index is 0.427. The van der Waals surface area contributed by atoms with E-state index in [0.717, 1.165) is 12.8 Å². The third kappa shape index (κ3) is 12.0. The predicted octanol–water partition coefficient (Wildman–Crippen LogP) is 4.06. The Kier molecular flexibility index (Phi) is 17.0. The van der Waals surface area contributed by atoms with Crippen LogP contribution in [-0.2, 0) is 9.47 Å². The van der Waals surface area contributed by atoms with Crippen LogP contribution in [-0.4, -0.2) is 64.3 Å². The summed E-state index contributed by atoms with van der Waals surface area (Å²) in [7, 11) is 0. The van der Waals surface area contributed by atoms with Gasteiger partial charge in [-0.1, -0.05) is 103 Å². The number of aliphatic hydroxyl groups excluding tert-OH is 4. The largest absolute Gasteiger partial charge is 0.394 e. The van der Waals surface area contributed by atoms with Crippen LogP contribution in [0, 0.1) is 0 Å². The molecule has 1 heterocycles. The Morgan fingerprint density at radius 3 is 1.47 bits per heavy atom. The molecule has 0 amide bonds. The Balaban J connectivity index is 1.85. The second-order valence-corrected chi connectivity index (χ2v) is 8.87. The zero-order valence-corrected chi connectivity index (χ0v) is 19.2. The van der Waals surface area contributed by atoms with E-state index in [-0.39, 0.29) is 0 Å². The van der Waals surface area contributed by atoms with Gasteiger partial charge in [-0.3, -0.25) is 0 Å². The summed E-state index contributed by atoms with van der Waals surface area (Å²) in [5.41, 5.74) is 0. The first-order valence-corrected chi connectivity index (χ1v) is 12.5. The minimum atomic E-state index is -1.37. The Labute approximate surface area is 184 Å². The van der Waals surface area contributed by atoms with Crippen molar-refractivity contribution < 1.29 is 29.9 Å². The molecule has 0 aromatic heterocycles. The molecule has 4 N–H and O–H groups in total. The Morgan fingerprint density at radius 1 is 0.600 bits per heavy atom. The molecule has 1 rings (SSSR count). The first kappa shape index (κ1) is 27.8. The molecule has 1 unspecified atom stereocenters. The molecular weight excluding hydrogens is 384 g/mol. The first-order chi connectivity index (χ1) is 14.6. The molecule has 0 spiro atoms. The van der Waals surface area contributed by atoms with Crippen LogP contribution in [0.2, 0.25) is 0 Å². The van der Waals surface area contributed by atoms with E-state index < -0.39 is 37.3 Å². The molecule has 6 nitrogen and oxygen atoms in total. The molecule has 0 aliphatic carbocycles. The molecule has 1 aliphatic heterocycles. The molecule has 1 saturated heterocycles. The SMILES string of the molecule is CCCCCCCCCCCCCCCCCCOC1O[C@H](CO)[C@@H](O)[C@H](O)[C@@H]1O. The average Bonchev–Trinajstić information content (AvgIpc) is 2.75. The highest BCUT2D eigenvalue weighted by molar-refractivity contribution is 4.88. The van der Waals surface area contributed by atoms with Gasteiger partial charge in [0.05, 0.1) is 6.61 Å². The Morgan fingerprint density at radius 2 is 1.03 bits per heavy atom. The summed E-state index contributed by atoms with van der Waals surface area (Å²) < 4.78 is 10.8. The van der Waals surface area contributed by atoms with Crippen molar-refractivity contribution in [1.29, 1.82) is 0 Å². The molecule has 5 atom stereocenters. The maximum atomic E-state index is 9.91. The van der Waals surface area contributed by atoms with E-state index in [1.165, 1.54) is 89.9 Å². The molecule has 1 aliphatic rings. The van der Waals surface area contributed by atoms with Gasteiger partial charge in [0.1, 0.15) is 24.4 Å². The standard InChI is InChI=1S/C24H48O6/c1-2-3-4-5-6-7-8-9-10-11-12-13-14-15-16-17-18-29-24-23(28)22(27)21(26)20(19-25)30-24/h20-28H,2-19H2,1H3/t20-,21-,22+,23+,24?/m1/s1. The zero-order chi connectivity index (χ0) is 22.0. The minimum Gasteiger partial charge on any atom is -0.394 e. The lowest BCUT2D eigenvalue weighted by atomic mass is 9.99. The highest BCUT2D eigenvalue weighted by Crippen LogP contribution is 2.22.